The van der Waals surface area contributed by atoms with E-state index < -0.39 is 0 Å². The van der Waals surface area contributed by atoms with E-state index in [1.54, 1.807) is 13.0 Å². The zero-order chi connectivity index (χ0) is 12.2. The van der Waals surface area contributed by atoms with Crippen LogP contribution in [0.1, 0.15) is 46.0 Å². The molecule has 0 saturated heterocycles. The number of esters is 1. The lowest BCUT2D eigenvalue weighted by atomic mass is 10.2. The van der Waals surface area contributed by atoms with Gasteiger partial charge in [-0.3, -0.25) is 0 Å². The van der Waals surface area contributed by atoms with Crippen LogP contribution in [0.3, 0.4) is 0 Å². The van der Waals surface area contributed by atoms with Crippen LogP contribution in [0.5, 0.6) is 0 Å². The SMILES string of the molecule is CCCCCCCOCC=C(C)C(=O)OC. The van der Waals surface area contributed by atoms with E-state index in [1.807, 2.05) is 0 Å². The van der Waals surface area contributed by atoms with Crippen LogP contribution in [-0.4, -0.2) is 26.3 Å². The predicted octanol–water partition coefficient (Wildman–Crippen LogP) is 3.09. The van der Waals surface area contributed by atoms with Gasteiger partial charge in [-0.05, 0) is 19.4 Å². The summed E-state index contributed by atoms with van der Waals surface area (Å²) >= 11 is 0. The van der Waals surface area contributed by atoms with Gasteiger partial charge < -0.3 is 9.47 Å². The molecule has 0 aromatic rings. The molecule has 16 heavy (non-hydrogen) atoms. The molecule has 0 rings (SSSR count). The van der Waals surface area contributed by atoms with E-state index in [4.69, 9.17) is 4.74 Å². The molecule has 0 fully saturated rings. The minimum absolute atomic E-state index is 0.286. The van der Waals surface area contributed by atoms with Gasteiger partial charge in [0.25, 0.3) is 0 Å². The van der Waals surface area contributed by atoms with Crippen molar-refractivity contribution in [1.82, 2.24) is 0 Å². The first-order valence-electron chi connectivity index (χ1n) is 6.05. The highest BCUT2D eigenvalue weighted by atomic mass is 16.5. The Hall–Kier alpha value is -0.830. The lowest BCUT2D eigenvalue weighted by Gasteiger charge is -2.02. The average molecular weight is 228 g/mol. The number of carbonyl (C=O) groups is 1. The molecule has 0 saturated carbocycles. The number of hydrogen-bond acceptors (Lipinski definition) is 3. The van der Waals surface area contributed by atoms with Crippen LogP contribution in [0.25, 0.3) is 0 Å². The Morgan fingerprint density at radius 1 is 1.19 bits per heavy atom. The number of rotatable bonds is 9. The Morgan fingerprint density at radius 3 is 2.50 bits per heavy atom. The molecule has 3 nitrogen and oxygen atoms in total. The van der Waals surface area contributed by atoms with Crippen molar-refractivity contribution in [2.24, 2.45) is 0 Å². The Bertz CT molecular complexity index is 209. The van der Waals surface area contributed by atoms with Gasteiger partial charge in [-0.25, -0.2) is 4.79 Å². The second-order valence-electron chi connectivity index (χ2n) is 3.87. The minimum atomic E-state index is -0.286. The maximum atomic E-state index is 11.0. The minimum Gasteiger partial charge on any atom is -0.466 e. The summed E-state index contributed by atoms with van der Waals surface area (Å²) in [6.45, 7) is 5.21. The third kappa shape index (κ3) is 8.48. The number of carbonyl (C=O) groups excluding carboxylic acids is 1. The summed E-state index contributed by atoms with van der Waals surface area (Å²) in [5.41, 5.74) is 0.605. The smallest absolute Gasteiger partial charge is 0.333 e. The van der Waals surface area contributed by atoms with Crippen molar-refractivity contribution in [3.8, 4) is 0 Å². The summed E-state index contributed by atoms with van der Waals surface area (Å²) in [7, 11) is 1.38. The molecule has 0 atom stereocenters. The van der Waals surface area contributed by atoms with Crippen LogP contribution in [0.4, 0.5) is 0 Å². The molecule has 0 aromatic heterocycles. The standard InChI is InChI=1S/C13H24O3/c1-4-5-6-7-8-10-16-11-9-12(2)13(14)15-3/h9H,4-8,10-11H2,1-3H3. The van der Waals surface area contributed by atoms with Crippen LogP contribution >= 0.6 is 0 Å². The summed E-state index contributed by atoms with van der Waals surface area (Å²) in [6.07, 6.45) is 7.96. The van der Waals surface area contributed by atoms with Crippen molar-refractivity contribution in [2.45, 2.75) is 46.0 Å². The Balaban J connectivity index is 3.35. The number of hydrogen-bond donors (Lipinski definition) is 0. The van der Waals surface area contributed by atoms with Gasteiger partial charge in [0.05, 0.1) is 13.7 Å². The van der Waals surface area contributed by atoms with Gasteiger partial charge in [-0.15, -0.1) is 0 Å². The Labute approximate surface area is 98.8 Å². The van der Waals surface area contributed by atoms with E-state index in [2.05, 4.69) is 11.7 Å². The van der Waals surface area contributed by atoms with Gasteiger partial charge in [-0.1, -0.05) is 32.6 Å². The highest BCUT2D eigenvalue weighted by Crippen LogP contribution is 2.02. The second kappa shape index (κ2) is 10.7. The van der Waals surface area contributed by atoms with Gasteiger partial charge in [-0.2, -0.15) is 0 Å². The van der Waals surface area contributed by atoms with Gasteiger partial charge >= 0.3 is 5.97 Å². The molecule has 0 aliphatic heterocycles. The fourth-order valence-electron chi connectivity index (χ4n) is 1.32. The fourth-order valence-corrected chi connectivity index (χ4v) is 1.32. The van der Waals surface area contributed by atoms with Gasteiger partial charge in [0.1, 0.15) is 0 Å². The third-order valence-corrected chi connectivity index (χ3v) is 2.41. The second-order valence-corrected chi connectivity index (χ2v) is 3.87. The molecule has 0 aliphatic rings. The largest absolute Gasteiger partial charge is 0.466 e. The van der Waals surface area contributed by atoms with Gasteiger partial charge in [0, 0.05) is 12.2 Å². The van der Waals surface area contributed by atoms with Crippen LogP contribution in [-0.2, 0) is 14.3 Å². The maximum absolute atomic E-state index is 11.0. The summed E-state index contributed by atoms with van der Waals surface area (Å²) in [4.78, 5) is 11.0. The van der Waals surface area contributed by atoms with Crippen LogP contribution in [0, 0.1) is 0 Å². The lowest BCUT2D eigenvalue weighted by Crippen LogP contribution is -2.03. The van der Waals surface area contributed by atoms with Crippen molar-refractivity contribution in [3.05, 3.63) is 11.6 Å². The Kier molecular flexibility index (Phi) is 10.1. The molecule has 0 bridgehead atoms. The fraction of sp³-hybridized carbons (Fsp3) is 0.769. The summed E-state index contributed by atoms with van der Waals surface area (Å²) < 4.78 is 9.97. The molecule has 0 amide bonds. The monoisotopic (exact) mass is 228 g/mol. The average Bonchev–Trinajstić information content (AvgIpc) is 2.31. The molecule has 0 spiro atoms. The highest BCUT2D eigenvalue weighted by molar-refractivity contribution is 5.87. The molecule has 0 N–H and O–H groups in total. The lowest BCUT2D eigenvalue weighted by molar-refractivity contribution is -0.136. The molecule has 0 aliphatic carbocycles. The van der Waals surface area contributed by atoms with Crippen molar-refractivity contribution >= 4 is 5.97 Å². The number of ether oxygens (including phenoxy) is 2. The summed E-state index contributed by atoms with van der Waals surface area (Å²) in [6, 6.07) is 0. The molecule has 3 heteroatoms. The van der Waals surface area contributed by atoms with Crippen LogP contribution in [0.2, 0.25) is 0 Å². The quantitative estimate of drug-likeness (QED) is 0.345. The van der Waals surface area contributed by atoms with Crippen molar-refractivity contribution in [2.75, 3.05) is 20.3 Å². The van der Waals surface area contributed by atoms with Crippen molar-refractivity contribution in [1.29, 1.82) is 0 Å². The van der Waals surface area contributed by atoms with E-state index in [9.17, 15) is 4.79 Å². The zero-order valence-corrected chi connectivity index (χ0v) is 10.8. The third-order valence-electron chi connectivity index (χ3n) is 2.41. The summed E-state index contributed by atoms with van der Waals surface area (Å²) in [5, 5.41) is 0. The molecule has 0 radical (unpaired) electrons. The van der Waals surface area contributed by atoms with E-state index in [-0.39, 0.29) is 5.97 Å². The Morgan fingerprint density at radius 2 is 1.88 bits per heavy atom. The van der Waals surface area contributed by atoms with E-state index in [0.29, 0.717) is 12.2 Å². The van der Waals surface area contributed by atoms with Crippen LogP contribution < -0.4 is 0 Å². The first kappa shape index (κ1) is 15.2. The maximum Gasteiger partial charge on any atom is 0.333 e. The molecule has 0 aromatic carbocycles. The first-order valence-corrected chi connectivity index (χ1v) is 6.05. The number of unbranched alkanes of at least 4 members (excludes halogenated alkanes) is 4. The topological polar surface area (TPSA) is 35.5 Å². The zero-order valence-electron chi connectivity index (χ0n) is 10.8. The van der Waals surface area contributed by atoms with Crippen LogP contribution in [0.15, 0.2) is 11.6 Å². The normalized spacial score (nSPS) is 11.6. The van der Waals surface area contributed by atoms with Gasteiger partial charge in [0.2, 0.25) is 0 Å². The van der Waals surface area contributed by atoms with Crippen molar-refractivity contribution < 1.29 is 14.3 Å². The molecule has 0 heterocycles. The number of methoxy groups -OCH3 is 1. The highest BCUT2D eigenvalue weighted by Gasteiger charge is 2.01. The summed E-state index contributed by atoms with van der Waals surface area (Å²) in [5.74, 6) is -0.286. The first-order chi connectivity index (χ1) is 7.72. The van der Waals surface area contributed by atoms with E-state index in [1.165, 1.54) is 32.8 Å². The van der Waals surface area contributed by atoms with E-state index in [0.717, 1.165) is 13.0 Å². The van der Waals surface area contributed by atoms with Gasteiger partial charge in [0.15, 0.2) is 0 Å². The molecule has 94 valence electrons. The predicted molar refractivity (Wildman–Crippen MR) is 65.4 cm³/mol. The van der Waals surface area contributed by atoms with E-state index >= 15 is 0 Å². The molecular formula is C13H24O3. The molecule has 0 unspecified atom stereocenters. The van der Waals surface area contributed by atoms with Crippen molar-refractivity contribution in [3.63, 3.8) is 0 Å². The molecular weight excluding hydrogens is 204 g/mol.